The van der Waals surface area contributed by atoms with Crippen molar-refractivity contribution in [3.05, 3.63) is 59.3 Å². The summed E-state index contributed by atoms with van der Waals surface area (Å²) in [5, 5.41) is 3.49. The molecule has 3 heteroatoms. The van der Waals surface area contributed by atoms with Crippen LogP contribution in [0.2, 0.25) is 0 Å². The summed E-state index contributed by atoms with van der Waals surface area (Å²) in [6, 6.07) is 11.1. The highest BCUT2D eigenvalue weighted by molar-refractivity contribution is 5.17. The summed E-state index contributed by atoms with van der Waals surface area (Å²) in [6.45, 7) is 6.15. The summed E-state index contributed by atoms with van der Waals surface area (Å²) >= 11 is 0. The van der Waals surface area contributed by atoms with Crippen molar-refractivity contribution < 1.29 is 8.81 Å². The smallest absolute Gasteiger partial charge is 0.123 e. The Balaban J connectivity index is 1.90. The van der Waals surface area contributed by atoms with Crippen molar-refractivity contribution in [3.8, 4) is 0 Å². The van der Waals surface area contributed by atoms with Gasteiger partial charge in [-0.05, 0) is 57.0 Å². The molecule has 1 aromatic carbocycles. The second-order valence-corrected chi connectivity index (χ2v) is 5.07. The van der Waals surface area contributed by atoms with E-state index in [4.69, 9.17) is 4.42 Å². The molecule has 19 heavy (non-hydrogen) atoms. The molecular weight excluding hydrogens is 241 g/mol. The fraction of sp³-hybridized carbons (Fsp3) is 0.375. The van der Waals surface area contributed by atoms with E-state index in [1.165, 1.54) is 12.1 Å². The summed E-state index contributed by atoms with van der Waals surface area (Å²) in [5.74, 6) is 1.68. The van der Waals surface area contributed by atoms with Gasteiger partial charge in [-0.25, -0.2) is 4.39 Å². The van der Waals surface area contributed by atoms with Crippen LogP contribution in [0, 0.1) is 12.7 Å². The number of hydrogen-bond acceptors (Lipinski definition) is 2. The third-order valence-electron chi connectivity index (χ3n) is 3.18. The van der Waals surface area contributed by atoms with E-state index in [0.717, 1.165) is 23.5 Å². The van der Waals surface area contributed by atoms with E-state index in [1.54, 1.807) is 0 Å². The highest BCUT2D eigenvalue weighted by Crippen LogP contribution is 2.17. The van der Waals surface area contributed by atoms with Crippen molar-refractivity contribution in [2.45, 2.75) is 39.3 Å². The van der Waals surface area contributed by atoms with E-state index in [0.29, 0.717) is 6.04 Å². The van der Waals surface area contributed by atoms with Crippen LogP contribution in [0.15, 0.2) is 40.8 Å². The average molecular weight is 261 g/mol. The molecule has 102 valence electrons. The van der Waals surface area contributed by atoms with Crippen molar-refractivity contribution in [2.75, 3.05) is 0 Å². The van der Waals surface area contributed by atoms with Gasteiger partial charge in [0.1, 0.15) is 17.3 Å². The minimum absolute atomic E-state index is 0.171. The molecule has 0 saturated carbocycles. The summed E-state index contributed by atoms with van der Waals surface area (Å²) < 4.78 is 18.4. The summed E-state index contributed by atoms with van der Waals surface area (Å²) in [6.07, 6.45) is 0.865. The Bertz CT molecular complexity index is 518. The number of hydrogen-bond donors (Lipinski definition) is 1. The maximum absolute atomic E-state index is 12.8. The summed E-state index contributed by atoms with van der Waals surface area (Å²) in [4.78, 5) is 0. The molecule has 0 aliphatic heterocycles. The van der Waals surface area contributed by atoms with Gasteiger partial charge in [-0.1, -0.05) is 12.1 Å². The van der Waals surface area contributed by atoms with E-state index in [2.05, 4.69) is 19.2 Å². The first kappa shape index (κ1) is 13.8. The van der Waals surface area contributed by atoms with Crippen molar-refractivity contribution in [1.82, 2.24) is 5.32 Å². The van der Waals surface area contributed by atoms with Gasteiger partial charge in [-0.2, -0.15) is 0 Å². The van der Waals surface area contributed by atoms with Crippen molar-refractivity contribution in [1.29, 1.82) is 0 Å². The summed E-state index contributed by atoms with van der Waals surface area (Å²) in [5.41, 5.74) is 1.13. The molecule has 2 atom stereocenters. The number of nitrogens with one attached hydrogen (secondary N) is 1. The molecule has 0 aliphatic rings. The third-order valence-corrected chi connectivity index (χ3v) is 3.18. The predicted molar refractivity (Wildman–Crippen MR) is 74.6 cm³/mol. The van der Waals surface area contributed by atoms with Crippen LogP contribution in [-0.2, 0) is 6.42 Å². The highest BCUT2D eigenvalue weighted by Gasteiger charge is 2.12. The van der Waals surface area contributed by atoms with Crippen LogP contribution < -0.4 is 5.32 Å². The van der Waals surface area contributed by atoms with E-state index in [-0.39, 0.29) is 11.9 Å². The minimum Gasteiger partial charge on any atom is -0.465 e. The highest BCUT2D eigenvalue weighted by atomic mass is 19.1. The SMILES string of the molecule is Cc1ccc(C(C)NC(C)Cc2ccc(F)cc2)o1. The van der Waals surface area contributed by atoms with Crippen LogP contribution in [0.1, 0.15) is 37.0 Å². The second kappa shape index (κ2) is 6.02. The second-order valence-electron chi connectivity index (χ2n) is 5.07. The first-order valence-corrected chi connectivity index (χ1v) is 6.61. The Morgan fingerprint density at radius 3 is 2.37 bits per heavy atom. The fourth-order valence-electron chi connectivity index (χ4n) is 2.23. The number of rotatable bonds is 5. The number of halogens is 1. The van der Waals surface area contributed by atoms with Gasteiger partial charge in [0.15, 0.2) is 0 Å². The molecule has 0 amide bonds. The first-order chi connectivity index (χ1) is 9.04. The van der Waals surface area contributed by atoms with Crippen LogP contribution in [0.5, 0.6) is 0 Å². The Morgan fingerprint density at radius 1 is 1.11 bits per heavy atom. The molecule has 0 radical (unpaired) electrons. The van der Waals surface area contributed by atoms with E-state index < -0.39 is 0 Å². The zero-order chi connectivity index (χ0) is 13.8. The molecule has 2 rings (SSSR count). The van der Waals surface area contributed by atoms with E-state index in [1.807, 2.05) is 31.2 Å². The number of aryl methyl sites for hydroxylation is 1. The van der Waals surface area contributed by atoms with Crippen LogP contribution in [0.25, 0.3) is 0 Å². The molecule has 1 N–H and O–H groups in total. The Kier molecular flexibility index (Phi) is 4.38. The van der Waals surface area contributed by atoms with Crippen molar-refractivity contribution in [2.24, 2.45) is 0 Å². The Morgan fingerprint density at radius 2 is 1.79 bits per heavy atom. The van der Waals surface area contributed by atoms with Crippen LogP contribution >= 0.6 is 0 Å². The molecule has 0 bridgehead atoms. The maximum atomic E-state index is 12.8. The third kappa shape index (κ3) is 3.93. The Hall–Kier alpha value is -1.61. The standard InChI is InChI=1S/C16H20FNO/c1-11(10-14-5-7-15(17)8-6-14)18-13(3)16-9-4-12(2)19-16/h4-9,11,13,18H,10H2,1-3H3. The molecule has 0 spiro atoms. The van der Waals surface area contributed by atoms with Gasteiger partial charge in [-0.15, -0.1) is 0 Å². The van der Waals surface area contributed by atoms with Gasteiger partial charge in [0, 0.05) is 6.04 Å². The van der Waals surface area contributed by atoms with Crippen LogP contribution in [-0.4, -0.2) is 6.04 Å². The Labute approximate surface area is 113 Å². The van der Waals surface area contributed by atoms with Crippen molar-refractivity contribution >= 4 is 0 Å². The molecule has 2 aromatic rings. The largest absolute Gasteiger partial charge is 0.465 e. The first-order valence-electron chi connectivity index (χ1n) is 6.61. The van der Waals surface area contributed by atoms with Gasteiger partial charge in [0.05, 0.1) is 6.04 Å². The molecule has 0 saturated heterocycles. The molecule has 1 heterocycles. The van der Waals surface area contributed by atoms with Gasteiger partial charge in [0.2, 0.25) is 0 Å². The van der Waals surface area contributed by atoms with Crippen molar-refractivity contribution in [3.63, 3.8) is 0 Å². The minimum atomic E-state index is -0.191. The topological polar surface area (TPSA) is 25.2 Å². The van der Waals surface area contributed by atoms with Gasteiger partial charge >= 0.3 is 0 Å². The maximum Gasteiger partial charge on any atom is 0.123 e. The average Bonchev–Trinajstić information content (AvgIpc) is 2.79. The molecular formula is C16H20FNO. The lowest BCUT2D eigenvalue weighted by atomic mass is 10.1. The zero-order valence-corrected chi connectivity index (χ0v) is 11.6. The van der Waals surface area contributed by atoms with Gasteiger partial charge < -0.3 is 9.73 Å². The monoisotopic (exact) mass is 261 g/mol. The molecule has 0 aliphatic carbocycles. The fourth-order valence-corrected chi connectivity index (χ4v) is 2.23. The lowest BCUT2D eigenvalue weighted by Gasteiger charge is -2.18. The molecule has 2 nitrogen and oxygen atoms in total. The van der Waals surface area contributed by atoms with E-state index >= 15 is 0 Å². The number of benzene rings is 1. The molecule has 0 fully saturated rings. The molecule has 2 unspecified atom stereocenters. The molecule has 1 aromatic heterocycles. The quantitative estimate of drug-likeness (QED) is 0.879. The van der Waals surface area contributed by atoms with Gasteiger partial charge in [0.25, 0.3) is 0 Å². The predicted octanol–water partition coefficient (Wildman–Crippen LogP) is 4.01. The van der Waals surface area contributed by atoms with E-state index in [9.17, 15) is 4.39 Å². The zero-order valence-electron chi connectivity index (χ0n) is 11.6. The van der Waals surface area contributed by atoms with Gasteiger partial charge in [-0.3, -0.25) is 0 Å². The normalized spacial score (nSPS) is 14.3. The lowest BCUT2D eigenvalue weighted by Crippen LogP contribution is -2.30. The number of furan rings is 1. The summed E-state index contributed by atoms with van der Waals surface area (Å²) in [7, 11) is 0. The lowest BCUT2D eigenvalue weighted by molar-refractivity contribution is 0.387. The van der Waals surface area contributed by atoms with Crippen LogP contribution in [0.4, 0.5) is 4.39 Å². The van der Waals surface area contributed by atoms with Crippen LogP contribution in [0.3, 0.4) is 0 Å².